The molecule has 0 atom stereocenters. The summed E-state index contributed by atoms with van der Waals surface area (Å²) in [5.74, 6) is 0.0883. The maximum absolute atomic E-state index is 12.4. The molecule has 2 aromatic carbocycles. The number of nitrogens with zero attached hydrogens (tertiary/aromatic N) is 2. The number of benzene rings is 2. The number of aryl methyl sites for hydroxylation is 1. The Morgan fingerprint density at radius 1 is 1.00 bits per heavy atom. The Labute approximate surface area is 151 Å². The van der Waals surface area contributed by atoms with Crippen molar-refractivity contribution >= 4 is 17.8 Å². The molecule has 0 aliphatic heterocycles. The lowest BCUT2D eigenvalue weighted by molar-refractivity contribution is 0.0773. The van der Waals surface area contributed by atoms with Crippen LogP contribution in [0.25, 0.3) is 11.1 Å². The van der Waals surface area contributed by atoms with Crippen LogP contribution in [0.3, 0.4) is 0 Å². The molecule has 132 valence electrons. The average Bonchev–Trinajstić information content (AvgIpc) is 2.64. The summed E-state index contributed by atoms with van der Waals surface area (Å²) in [6.45, 7) is 9.69. The third-order valence-electron chi connectivity index (χ3n) is 4.37. The molecule has 25 heavy (non-hydrogen) atoms. The van der Waals surface area contributed by atoms with Crippen molar-refractivity contribution in [1.82, 2.24) is 4.90 Å². The second kappa shape index (κ2) is 9.16. The van der Waals surface area contributed by atoms with Gasteiger partial charge in [0.2, 0.25) is 0 Å². The third kappa shape index (κ3) is 4.79. The second-order valence-electron chi connectivity index (χ2n) is 6.16. The van der Waals surface area contributed by atoms with E-state index in [1.54, 1.807) is 0 Å². The van der Waals surface area contributed by atoms with E-state index in [0.29, 0.717) is 0 Å². The van der Waals surface area contributed by atoms with E-state index in [-0.39, 0.29) is 5.91 Å². The number of amides is 1. The van der Waals surface area contributed by atoms with Crippen molar-refractivity contribution in [2.24, 2.45) is 4.99 Å². The molecular formula is C22H28N2O. The molecule has 0 fully saturated rings. The predicted molar refractivity (Wildman–Crippen MR) is 107 cm³/mol. The highest BCUT2D eigenvalue weighted by molar-refractivity contribution is 5.94. The molecule has 0 heterocycles. The lowest BCUT2D eigenvalue weighted by Crippen LogP contribution is -2.30. The smallest absolute Gasteiger partial charge is 0.253 e. The first-order valence-electron chi connectivity index (χ1n) is 9.13. The van der Waals surface area contributed by atoms with E-state index < -0.39 is 0 Å². The van der Waals surface area contributed by atoms with Gasteiger partial charge in [0, 0.05) is 24.9 Å². The molecular weight excluding hydrogens is 308 g/mol. The summed E-state index contributed by atoms with van der Waals surface area (Å²) < 4.78 is 0. The molecule has 0 radical (unpaired) electrons. The molecule has 0 spiro atoms. The number of hydrogen-bond acceptors (Lipinski definition) is 2. The van der Waals surface area contributed by atoms with Crippen LogP contribution in [0.15, 0.2) is 47.5 Å². The van der Waals surface area contributed by atoms with Crippen LogP contribution in [-0.2, 0) is 0 Å². The third-order valence-corrected chi connectivity index (χ3v) is 4.37. The van der Waals surface area contributed by atoms with Gasteiger partial charge in [-0.05, 0) is 62.1 Å². The van der Waals surface area contributed by atoms with Crippen LogP contribution in [0, 0.1) is 6.92 Å². The number of carbonyl (C=O) groups is 1. The van der Waals surface area contributed by atoms with Crippen molar-refractivity contribution in [1.29, 1.82) is 0 Å². The minimum atomic E-state index is 0.0883. The van der Waals surface area contributed by atoms with Crippen LogP contribution in [0.2, 0.25) is 0 Å². The van der Waals surface area contributed by atoms with Gasteiger partial charge in [0.25, 0.3) is 5.91 Å². The van der Waals surface area contributed by atoms with Gasteiger partial charge in [0.1, 0.15) is 0 Å². The highest BCUT2D eigenvalue weighted by Crippen LogP contribution is 2.27. The Kier molecular flexibility index (Phi) is 6.93. The topological polar surface area (TPSA) is 32.7 Å². The summed E-state index contributed by atoms with van der Waals surface area (Å²) in [4.78, 5) is 18.8. The first-order valence-corrected chi connectivity index (χ1v) is 9.13. The van der Waals surface area contributed by atoms with E-state index in [0.717, 1.165) is 48.3 Å². The average molecular weight is 336 g/mol. The Bertz CT molecular complexity index is 728. The Balaban J connectivity index is 2.25. The maximum atomic E-state index is 12.4. The molecule has 2 aromatic rings. The summed E-state index contributed by atoms with van der Waals surface area (Å²) in [6, 6.07) is 14.2. The summed E-state index contributed by atoms with van der Waals surface area (Å²) in [6.07, 6.45) is 4.08. The number of hydrogen-bond donors (Lipinski definition) is 0. The zero-order valence-electron chi connectivity index (χ0n) is 15.7. The zero-order valence-corrected chi connectivity index (χ0v) is 15.7. The van der Waals surface area contributed by atoms with Crippen LogP contribution >= 0.6 is 0 Å². The van der Waals surface area contributed by atoms with Crippen molar-refractivity contribution in [3.63, 3.8) is 0 Å². The van der Waals surface area contributed by atoms with Gasteiger partial charge in [-0.3, -0.25) is 9.79 Å². The monoisotopic (exact) mass is 336 g/mol. The van der Waals surface area contributed by atoms with Gasteiger partial charge in [-0.15, -0.1) is 0 Å². The first kappa shape index (κ1) is 18.9. The molecule has 2 rings (SSSR count). The van der Waals surface area contributed by atoms with Crippen molar-refractivity contribution < 1.29 is 4.79 Å². The zero-order chi connectivity index (χ0) is 18.2. The molecule has 0 N–H and O–H groups in total. The van der Waals surface area contributed by atoms with E-state index in [1.165, 1.54) is 5.56 Å². The van der Waals surface area contributed by atoms with Crippen LogP contribution in [-0.4, -0.2) is 30.1 Å². The Morgan fingerprint density at radius 3 is 2.24 bits per heavy atom. The van der Waals surface area contributed by atoms with E-state index in [9.17, 15) is 4.79 Å². The van der Waals surface area contributed by atoms with Crippen molar-refractivity contribution in [2.75, 3.05) is 13.1 Å². The molecule has 0 unspecified atom stereocenters. The number of unbranched alkanes of at least 4 members (excludes halogenated alkanes) is 1. The quantitative estimate of drug-likeness (QED) is 0.602. The fraction of sp³-hybridized carbons (Fsp3) is 0.364. The molecule has 0 aliphatic carbocycles. The standard InChI is InChI=1S/C22H28N2O/c1-5-8-15-23-21-16-20(10-9-17(21)4)18-11-13-19(14-12-18)22(25)24(6-2)7-3/h9-16H,5-8H2,1-4H3/b23-15-. The van der Waals surface area contributed by atoms with Crippen LogP contribution in [0.4, 0.5) is 5.69 Å². The maximum Gasteiger partial charge on any atom is 0.253 e. The highest BCUT2D eigenvalue weighted by atomic mass is 16.2. The summed E-state index contributed by atoms with van der Waals surface area (Å²) in [5, 5.41) is 0. The summed E-state index contributed by atoms with van der Waals surface area (Å²) in [5.41, 5.74) is 5.14. The Morgan fingerprint density at radius 2 is 1.64 bits per heavy atom. The summed E-state index contributed by atoms with van der Waals surface area (Å²) >= 11 is 0. The normalized spacial score (nSPS) is 11.0. The second-order valence-corrected chi connectivity index (χ2v) is 6.16. The van der Waals surface area contributed by atoms with Gasteiger partial charge in [-0.25, -0.2) is 0 Å². The number of carbonyl (C=O) groups excluding carboxylic acids is 1. The molecule has 0 saturated carbocycles. The van der Waals surface area contributed by atoms with Crippen molar-refractivity contribution in [2.45, 2.75) is 40.5 Å². The minimum Gasteiger partial charge on any atom is -0.339 e. The lowest BCUT2D eigenvalue weighted by Gasteiger charge is -2.18. The first-order chi connectivity index (χ1) is 12.1. The predicted octanol–water partition coefficient (Wildman–Crippen LogP) is 5.65. The summed E-state index contributed by atoms with van der Waals surface area (Å²) in [7, 11) is 0. The highest BCUT2D eigenvalue weighted by Gasteiger charge is 2.12. The van der Waals surface area contributed by atoms with E-state index >= 15 is 0 Å². The van der Waals surface area contributed by atoms with Gasteiger partial charge in [0.15, 0.2) is 0 Å². The SMILES string of the molecule is CCC/C=N\c1cc(-c2ccc(C(=O)N(CC)CC)cc2)ccc1C. The van der Waals surface area contributed by atoms with Gasteiger partial charge in [-0.1, -0.05) is 37.6 Å². The van der Waals surface area contributed by atoms with Gasteiger partial charge >= 0.3 is 0 Å². The van der Waals surface area contributed by atoms with Crippen LogP contribution in [0.5, 0.6) is 0 Å². The molecule has 0 saturated heterocycles. The molecule has 3 heteroatoms. The Hall–Kier alpha value is -2.42. The van der Waals surface area contributed by atoms with E-state index in [1.807, 2.05) is 49.2 Å². The van der Waals surface area contributed by atoms with Crippen LogP contribution in [0.1, 0.15) is 49.5 Å². The van der Waals surface area contributed by atoms with Gasteiger partial charge < -0.3 is 4.90 Å². The number of rotatable bonds is 7. The molecule has 0 aliphatic rings. The minimum absolute atomic E-state index is 0.0883. The van der Waals surface area contributed by atoms with Crippen LogP contribution < -0.4 is 0 Å². The van der Waals surface area contributed by atoms with E-state index in [4.69, 9.17) is 0 Å². The van der Waals surface area contributed by atoms with Crippen molar-refractivity contribution in [3.8, 4) is 11.1 Å². The number of aliphatic imine (C=N–C) groups is 1. The van der Waals surface area contributed by atoms with Crippen molar-refractivity contribution in [3.05, 3.63) is 53.6 Å². The molecule has 1 amide bonds. The fourth-order valence-corrected chi connectivity index (χ4v) is 2.72. The van der Waals surface area contributed by atoms with Gasteiger partial charge in [0.05, 0.1) is 5.69 Å². The molecule has 0 aromatic heterocycles. The fourth-order valence-electron chi connectivity index (χ4n) is 2.72. The molecule has 3 nitrogen and oxygen atoms in total. The lowest BCUT2D eigenvalue weighted by atomic mass is 10.0. The van der Waals surface area contributed by atoms with E-state index in [2.05, 4.69) is 37.0 Å². The molecule has 0 bridgehead atoms. The van der Waals surface area contributed by atoms with Gasteiger partial charge in [-0.2, -0.15) is 0 Å². The largest absolute Gasteiger partial charge is 0.339 e.